The van der Waals surface area contributed by atoms with Gasteiger partial charge in [-0.05, 0) is 43.7 Å². The molecule has 0 bridgehead atoms. The van der Waals surface area contributed by atoms with Crippen molar-refractivity contribution in [2.24, 2.45) is 0 Å². The summed E-state index contributed by atoms with van der Waals surface area (Å²) in [6.45, 7) is 3.48. The number of H-pyrrole nitrogens is 1. The minimum Gasteiger partial charge on any atom is -0.485 e. The third kappa shape index (κ3) is 3.85. The highest BCUT2D eigenvalue weighted by Gasteiger charge is 2.37. The number of aromatic nitrogens is 3. The van der Waals surface area contributed by atoms with Crippen molar-refractivity contribution >= 4 is 50.6 Å². The van der Waals surface area contributed by atoms with Crippen LogP contribution in [0, 0.1) is 0 Å². The second-order valence-corrected chi connectivity index (χ2v) is 10.0. The van der Waals surface area contributed by atoms with Crippen LogP contribution in [0.4, 0.5) is 17.6 Å². The molecule has 1 aromatic heterocycles. The SMILES string of the molecule is CC1(C)CS(=O)(=O)c2cc(-c3c(Cl)cc(Nc4n[nH]c(N)n4)cc3Cl)ccc2O1. The van der Waals surface area contributed by atoms with Gasteiger partial charge in [0.25, 0.3) is 0 Å². The van der Waals surface area contributed by atoms with Gasteiger partial charge in [0.15, 0.2) is 9.84 Å². The number of ether oxygens (including phenoxy) is 1. The van der Waals surface area contributed by atoms with Crippen molar-refractivity contribution in [1.29, 1.82) is 0 Å². The topological polar surface area (TPSA) is 123 Å². The van der Waals surface area contributed by atoms with E-state index in [1.165, 1.54) is 6.07 Å². The van der Waals surface area contributed by atoms with Crippen LogP contribution in [-0.4, -0.2) is 35.0 Å². The van der Waals surface area contributed by atoms with Crippen LogP contribution >= 0.6 is 23.2 Å². The Hall–Kier alpha value is -2.49. The molecular weight excluding hydrogens is 437 g/mol. The van der Waals surface area contributed by atoms with Crippen LogP contribution in [0.3, 0.4) is 0 Å². The number of sulfone groups is 1. The van der Waals surface area contributed by atoms with Gasteiger partial charge in [0, 0.05) is 11.3 Å². The lowest BCUT2D eigenvalue weighted by molar-refractivity contribution is 0.123. The van der Waals surface area contributed by atoms with Gasteiger partial charge in [0.1, 0.15) is 16.2 Å². The Kier molecular flexibility index (Phi) is 4.64. The number of nitrogens with two attached hydrogens (primary N) is 1. The zero-order chi connectivity index (χ0) is 21.0. The molecule has 0 radical (unpaired) electrons. The highest BCUT2D eigenvalue weighted by Crippen LogP contribution is 2.42. The normalized spacial score (nSPS) is 16.7. The predicted molar refractivity (Wildman–Crippen MR) is 113 cm³/mol. The number of anilines is 3. The molecule has 0 unspecified atom stereocenters. The Morgan fingerprint density at radius 2 is 1.90 bits per heavy atom. The van der Waals surface area contributed by atoms with E-state index in [4.69, 9.17) is 33.7 Å². The first-order valence-electron chi connectivity index (χ1n) is 8.54. The van der Waals surface area contributed by atoms with Gasteiger partial charge >= 0.3 is 0 Å². The van der Waals surface area contributed by atoms with Gasteiger partial charge in [-0.2, -0.15) is 4.98 Å². The highest BCUT2D eigenvalue weighted by atomic mass is 35.5. The number of nitrogens with one attached hydrogen (secondary N) is 2. The summed E-state index contributed by atoms with van der Waals surface area (Å²) in [5, 5.41) is 10.0. The molecular formula is C18H17Cl2N5O3S. The molecule has 0 aliphatic carbocycles. The average molecular weight is 454 g/mol. The minimum absolute atomic E-state index is 0.111. The second-order valence-electron chi connectivity index (χ2n) is 7.27. The van der Waals surface area contributed by atoms with Crippen molar-refractivity contribution in [2.75, 3.05) is 16.8 Å². The fraction of sp³-hybridized carbons (Fsp3) is 0.222. The maximum atomic E-state index is 12.7. The summed E-state index contributed by atoms with van der Waals surface area (Å²) in [7, 11) is -3.51. The Morgan fingerprint density at radius 3 is 2.52 bits per heavy atom. The van der Waals surface area contributed by atoms with Gasteiger partial charge in [-0.15, -0.1) is 5.10 Å². The maximum Gasteiger partial charge on any atom is 0.248 e. The summed E-state index contributed by atoms with van der Waals surface area (Å²) in [6, 6.07) is 8.17. The quantitative estimate of drug-likeness (QED) is 0.546. The first-order valence-corrected chi connectivity index (χ1v) is 10.9. The van der Waals surface area contributed by atoms with Crippen molar-refractivity contribution < 1.29 is 13.2 Å². The van der Waals surface area contributed by atoms with Crippen LogP contribution in [0.2, 0.25) is 10.0 Å². The van der Waals surface area contributed by atoms with Crippen LogP contribution in [0.1, 0.15) is 13.8 Å². The first-order chi connectivity index (χ1) is 13.5. The average Bonchev–Trinajstić information content (AvgIpc) is 2.98. The molecule has 11 heteroatoms. The van der Waals surface area contributed by atoms with E-state index < -0.39 is 15.4 Å². The zero-order valence-electron chi connectivity index (χ0n) is 15.5. The smallest absolute Gasteiger partial charge is 0.248 e. The van der Waals surface area contributed by atoms with Crippen LogP contribution in [0.5, 0.6) is 5.75 Å². The van der Waals surface area contributed by atoms with Gasteiger partial charge in [-0.25, -0.2) is 13.5 Å². The van der Waals surface area contributed by atoms with Crippen molar-refractivity contribution in [3.05, 3.63) is 40.4 Å². The van der Waals surface area contributed by atoms with E-state index in [0.29, 0.717) is 32.6 Å². The molecule has 1 aliphatic rings. The largest absolute Gasteiger partial charge is 0.485 e. The summed E-state index contributed by atoms with van der Waals surface area (Å²) >= 11 is 12.9. The lowest BCUT2D eigenvalue weighted by Gasteiger charge is -2.32. The van der Waals surface area contributed by atoms with Crippen molar-refractivity contribution in [2.45, 2.75) is 24.3 Å². The van der Waals surface area contributed by atoms with E-state index >= 15 is 0 Å². The Labute approximate surface area is 177 Å². The molecule has 2 aromatic carbocycles. The molecule has 2 heterocycles. The number of rotatable bonds is 3. The molecule has 0 spiro atoms. The van der Waals surface area contributed by atoms with Crippen LogP contribution < -0.4 is 15.8 Å². The van der Waals surface area contributed by atoms with E-state index in [-0.39, 0.29) is 22.5 Å². The number of hydrogen-bond donors (Lipinski definition) is 3. The molecule has 29 heavy (non-hydrogen) atoms. The molecule has 4 rings (SSSR count). The van der Waals surface area contributed by atoms with Gasteiger partial charge < -0.3 is 15.8 Å². The number of hydrogen-bond acceptors (Lipinski definition) is 7. The lowest BCUT2D eigenvalue weighted by atomic mass is 10.0. The molecule has 0 fully saturated rings. The zero-order valence-corrected chi connectivity index (χ0v) is 17.8. The highest BCUT2D eigenvalue weighted by molar-refractivity contribution is 7.91. The van der Waals surface area contributed by atoms with Crippen LogP contribution in [-0.2, 0) is 9.84 Å². The van der Waals surface area contributed by atoms with Crippen LogP contribution in [0.25, 0.3) is 11.1 Å². The molecule has 152 valence electrons. The summed E-state index contributed by atoms with van der Waals surface area (Å²) in [6.07, 6.45) is 0. The van der Waals surface area contributed by atoms with E-state index in [0.717, 1.165) is 0 Å². The fourth-order valence-electron chi connectivity index (χ4n) is 3.23. The monoisotopic (exact) mass is 453 g/mol. The summed E-state index contributed by atoms with van der Waals surface area (Å²) < 4.78 is 31.2. The molecule has 0 saturated heterocycles. The third-order valence-electron chi connectivity index (χ3n) is 4.29. The van der Waals surface area contributed by atoms with Gasteiger partial charge in [0.2, 0.25) is 11.9 Å². The molecule has 4 N–H and O–H groups in total. The second kappa shape index (κ2) is 6.79. The van der Waals surface area contributed by atoms with E-state index in [1.807, 2.05) is 0 Å². The Balaban J connectivity index is 1.74. The predicted octanol–water partition coefficient (Wildman–Crippen LogP) is 4.05. The lowest BCUT2D eigenvalue weighted by Crippen LogP contribution is -2.40. The first kappa shape index (κ1) is 19.8. The molecule has 3 aromatic rings. The molecule has 8 nitrogen and oxygen atoms in total. The number of aromatic amines is 1. The van der Waals surface area contributed by atoms with Crippen molar-refractivity contribution in [1.82, 2.24) is 15.2 Å². The number of fused-ring (bicyclic) bond motifs is 1. The third-order valence-corrected chi connectivity index (χ3v) is 6.95. The van der Waals surface area contributed by atoms with Crippen LogP contribution in [0.15, 0.2) is 35.2 Å². The van der Waals surface area contributed by atoms with Crippen molar-refractivity contribution in [3.8, 4) is 16.9 Å². The molecule has 0 atom stereocenters. The summed E-state index contributed by atoms with van der Waals surface area (Å²) in [4.78, 5) is 4.08. The number of benzene rings is 2. The number of nitrogen functional groups attached to an aromatic ring is 1. The number of nitrogens with zero attached hydrogens (tertiary/aromatic N) is 2. The van der Waals surface area contributed by atoms with Gasteiger partial charge in [0.05, 0.1) is 15.8 Å². The number of halogens is 2. The van der Waals surface area contributed by atoms with Gasteiger partial charge in [-0.3, -0.25) is 0 Å². The van der Waals surface area contributed by atoms with Gasteiger partial charge in [-0.1, -0.05) is 29.3 Å². The minimum atomic E-state index is -3.51. The summed E-state index contributed by atoms with van der Waals surface area (Å²) in [5.41, 5.74) is 6.35. The van der Waals surface area contributed by atoms with E-state index in [2.05, 4.69) is 20.5 Å². The standard InChI is InChI=1S/C18H17Cl2N5O3S/c1-18(2)8-29(26,27)14-5-9(3-4-13(14)28-18)15-11(19)6-10(7-12(15)20)22-17-23-16(21)24-25-17/h3-7H,8H2,1-2H3,(H4,21,22,23,24,25). The Bertz CT molecular complexity index is 1200. The maximum absolute atomic E-state index is 12.7. The summed E-state index contributed by atoms with van der Waals surface area (Å²) in [5.74, 6) is 0.641. The molecule has 0 amide bonds. The van der Waals surface area contributed by atoms with Crippen molar-refractivity contribution in [3.63, 3.8) is 0 Å². The fourth-order valence-corrected chi connectivity index (χ4v) is 5.79. The molecule has 0 saturated carbocycles. The Morgan fingerprint density at radius 1 is 1.21 bits per heavy atom. The molecule has 1 aliphatic heterocycles. The van der Waals surface area contributed by atoms with E-state index in [1.54, 1.807) is 38.1 Å². The van der Waals surface area contributed by atoms with E-state index in [9.17, 15) is 8.42 Å².